The topological polar surface area (TPSA) is 65.0 Å². The lowest BCUT2D eigenvalue weighted by molar-refractivity contribution is -0.134. The zero-order valence-electron chi connectivity index (χ0n) is 15.2. The van der Waals surface area contributed by atoms with Gasteiger partial charge in [-0.3, -0.25) is 9.69 Å². The lowest BCUT2D eigenvalue weighted by Crippen LogP contribution is -2.54. The van der Waals surface area contributed by atoms with Crippen molar-refractivity contribution in [2.75, 3.05) is 78.0 Å². The van der Waals surface area contributed by atoms with Gasteiger partial charge in [0.2, 0.25) is 11.9 Å². The molecule has 3 rings (SSSR count). The van der Waals surface area contributed by atoms with Crippen molar-refractivity contribution in [3.05, 3.63) is 18.5 Å². The molecule has 3 heterocycles. The highest BCUT2D eigenvalue weighted by Gasteiger charge is 2.27. The van der Waals surface area contributed by atoms with Gasteiger partial charge in [0.25, 0.3) is 0 Å². The summed E-state index contributed by atoms with van der Waals surface area (Å²) >= 11 is 0. The summed E-state index contributed by atoms with van der Waals surface area (Å²) in [5, 5.41) is 0. The van der Waals surface area contributed by atoms with Gasteiger partial charge in [-0.2, -0.15) is 0 Å². The molecule has 1 atom stereocenters. The minimum atomic E-state index is 0.184. The summed E-state index contributed by atoms with van der Waals surface area (Å²) in [7, 11) is 4.09. The average molecular weight is 348 g/mol. The number of nitrogens with zero attached hydrogens (tertiary/aromatic N) is 6. The van der Waals surface area contributed by atoms with Crippen molar-refractivity contribution in [1.29, 1.82) is 0 Å². The summed E-state index contributed by atoms with van der Waals surface area (Å²) in [6.07, 6.45) is 3.69. The van der Waals surface area contributed by atoms with Crippen molar-refractivity contribution in [3.63, 3.8) is 0 Å². The van der Waals surface area contributed by atoms with Crippen LogP contribution < -0.4 is 4.90 Å². The van der Waals surface area contributed by atoms with E-state index < -0.39 is 0 Å². The minimum Gasteiger partial charge on any atom is -0.374 e. The van der Waals surface area contributed by atoms with Gasteiger partial charge in [0.1, 0.15) is 0 Å². The van der Waals surface area contributed by atoms with Crippen LogP contribution >= 0.6 is 0 Å². The molecule has 2 aliphatic heterocycles. The first-order valence-corrected chi connectivity index (χ1v) is 8.90. The first kappa shape index (κ1) is 18.0. The van der Waals surface area contributed by atoms with E-state index in [9.17, 15) is 4.79 Å². The number of rotatable bonds is 5. The average Bonchev–Trinajstić information content (AvgIpc) is 2.62. The molecule has 25 heavy (non-hydrogen) atoms. The number of hydrogen-bond donors (Lipinski definition) is 0. The first-order chi connectivity index (χ1) is 12.1. The smallest absolute Gasteiger partial charge is 0.236 e. The number of carbonyl (C=O) groups is 1. The number of piperazine rings is 1. The zero-order valence-corrected chi connectivity index (χ0v) is 15.2. The Morgan fingerprint density at radius 2 is 1.92 bits per heavy atom. The van der Waals surface area contributed by atoms with Gasteiger partial charge in [0.15, 0.2) is 0 Å². The predicted octanol–water partition coefficient (Wildman–Crippen LogP) is -0.612. The molecule has 0 N–H and O–H groups in total. The maximum Gasteiger partial charge on any atom is 0.236 e. The molecule has 8 nitrogen and oxygen atoms in total. The van der Waals surface area contributed by atoms with Gasteiger partial charge in [-0.25, -0.2) is 9.97 Å². The highest BCUT2D eigenvalue weighted by atomic mass is 16.5. The Morgan fingerprint density at radius 1 is 1.20 bits per heavy atom. The summed E-state index contributed by atoms with van der Waals surface area (Å²) in [6, 6.07) is 1.81. The van der Waals surface area contributed by atoms with Crippen LogP contribution in [0.5, 0.6) is 0 Å². The number of ether oxygens (including phenoxy) is 1. The van der Waals surface area contributed by atoms with Crippen molar-refractivity contribution in [1.82, 2.24) is 24.7 Å². The van der Waals surface area contributed by atoms with Crippen LogP contribution in [-0.4, -0.2) is 110 Å². The van der Waals surface area contributed by atoms with E-state index >= 15 is 0 Å². The van der Waals surface area contributed by atoms with Crippen LogP contribution in [0.4, 0.5) is 5.95 Å². The molecule has 8 heteroatoms. The molecule has 2 fully saturated rings. The van der Waals surface area contributed by atoms with Crippen molar-refractivity contribution in [2.24, 2.45) is 0 Å². The van der Waals surface area contributed by atoms with E-state index in [-0.39, 0.29) is 12.0 Å². The molecule has 2 saturated heterocycles. The van der Waals surface area contributed by atoms with Crippen molar-refractivity contribution in [2.45, 2.75) is 6.10 Å². The van der Waals surface area contributed by atoms with Crippen LogP contribution in [0.15, 0.2) is 18.5 Å². The fourth-order valence-electron chi connectivity index (χ4n) is 3.34. The van der Waals surface area contributed by atoms with Crippen LogP contribution in [0, 0.1) is 0 Å². The van der Waals surface area contributed by atoms with Gasteiger partial charge in [-0.1, -0.05) is 0 Å². The Labute approximate surface area is 149 Å². The van der Waals surface area contributed by atoms with E-state index in [1.807, 2.05) is 25.1 Å². The Morgan fingerprint density at radius 3 is 2.60 bits per heavy atom. The van der Waals surface area contributed by atoms with Crippen molar-refractivity contribution < 1.29 is 9.53 Å². The van der Waals surface area contributed by atoms with E-state index in [4.69, 9.17) is 4.74 Å². The fraction of sp³-hybridized carbons (Fsp3) is 0.706. The molecule has 0 unspecified atom stereocenters. The second-order valence-electron chi connectivity index (χ2n) is 6.91. The van der Waals surface area contributed by atoms with E-state index in [2.05, 4.69) is 24.7 Å². The maximum absolute atomic E-state index is 12.6. The molecule has 0 saturated carbocycles. The van der Waals surface area contributed by atoms with Gasteiger partial charge >= 0.3 is 0 Å². The zero-order chi connectivity index (χ0) is 17.6. The number of likely N-dealkylation sites (N-methyl/N-ethyl adjacent to an activating group) is 1. The first-order valence-electron chi connectivity index (χ1n) is 8.90. The number of carbonyl (C=O) groups excluding carboxylic acids is 1. The van der Waals surface area contributed by atoms with Gasteiger partial charge in [0.05, 0.1) is 19.3 Å². The largest absolute Gasteiger partial charge is 0.374 e. The third kappa shape index (κ3) is 5.10. The lowest BCUT2D eigenvalue weighted by Gasteiger charge is -2.37. The molecule has 1 amide bonds. The van der Waals surface area contributed by atoms with Gasteiger partial charge in [0, 0.05) is 58.2 Å². The van der Waals surface area contributed by atoms with Crippen LogP contribution in [0.3, 0.4) is 0 Å². The standard InChI is InChI=1S/C17H28N6O2/c1-20(2)12-15-13-21(10-11-25-15)14-16(24)22-6-8-23(9-7-22)17-18-4-3-5-19-17/h3-5,15H,6-14H2,1-2H3/t15-/m0/s1. The third-order valence-corrected chi connectivity index (χ3v) is 4.62. The molecule has 2 aliphatic rings. The molecular formula is C17H28N6O2. The monoisotopic (exact) mass is 348 g/mol. The Balaban J connectivity index is 1.45. The fourth-order valence-corrected chi connectivity index (χ4v) is 3.34. The number of amides is 1. The van der Waals surface area contributed by atoms with E-state index in [0.29, 0.717) is 13.2 Å². The van der Waals surface area contributed by atoms with E-state index in [0.717, 1.165) is 51.8 Å². The van der Waals surface area contributed by atoms with Crippen LogP contribution in [-0.2, 0) is 9.53 Å². The summed E-state index contributed by atoms with van der Waals surface area (Å²) in [4.78, 5) is 29.6. The maximum atomic E-state index is 12.6. The van der Waals surface area contributed by atoms with Gasteiger partial charge in [-0.15, -0.1) is 0 Å². The predicted molar refractivity (Wildman–Crippen MR) is 95.6 cm³/mol. The van der Waals surface area contributed by atoms with E-state index in [1.165, 1.54) is 0 Å². The third-order valence-electron chi connectivity index (χ3n) is 4.62. The molecule has 0 aromatic carbocycles. The van der Waals surface area contributed by atoms with Crippen molar-refractivity contribution in [3.8, 4) is 0 Å². The summed E-state index contributed by atoms with van der Waals surface area (Å²) < 4.78 is 5.78. The SMILES string of the molecule is CN(C)C[C@H]1CN(CC(=O)N2CCN(c3ncccn3)CC2)CCO1. The van der Waals surface area contributed by atoms with Gasteiger partial charge in [-0.05, 0) is 20.2 Å². The molecule has 1 aromatic rings. The molecule has 0 bridgehead atoms. The molecule has 0 spiro atoms. The van der Waals surface area contributed by atoms with Crippen LogP contribution in [0.1, 0.15) is 0 Å². The second kappa shape index (κ2) is 8.55. The van der Waals surface area contributed by atoms with E-state index in [1.54, 1.807) is 12.4 Å². The summed E-state index contributed by atoms with van der Waals surface area (Å²) in [5.41, 5.74) is 0. The van der Waals surface area contributed by atoms with Gasteiger partial charge < -0.3 is 19.4 Å². The highest BCUT2D eigenvalue weighted by molar-refractivity contribution is 5.78. The molecule has 138 valence electrons. The summed E-state index contributed by atoms with van der Waals surface area (Å²) in [5.74, 6) is 0.952. The van der Waals surface area contributed by atoms with Crippen LogP contribution in [0.2, 0.25) is 0 Å². The molecular weight excluding hydrogens is 320 g/mol. The van der Waals surface area contributed by atoms with Crippen molar-refractivity contribution >= 4 is 11.9 Å². The number of morpholine rings is 1. The Kier molecular flexibility index (Phi) is 6.17. The molecule has 0 aliphatic carbocycles. The lowest BCUT2D eigenvalue weighted by atomic mass is 10.2. The number of aromatic nitrogens is 2. The van der Waals surface area contributed by atoms with Crippen LogP contribution in [0.25, 0.3) is 0 Å². The minimum absolute atomic E-state index is 0.184. The molecule has 1 aromatic heterocycles. The Bertz CT molecular complexity index is 547. The normalized spacial score (nSPS) is 22.4. The number of hydrogen-bond acceptors (Lipinski definition) is 7. The Hall–Kier alpha value is -1.77. The number of anilines is 1. The second-order valence-corrected chi connectivity index (χ2v) is 6.91. The highest BCUT2D eigenvalue weighted by Crippen LogP contribution is 2.11. The molecule has 0 radical (unpaired) electrons. The summed E-state index contributed by atoms with van der Waals surface area (Å²) in [6.45, 7) is 6.73. The quantitative estimate of drug-likeness (QED) is 0.703.